The highest BCUT2D eigenvalue weighted by Gasteiger charge is 2.17. The molecule has 2 aromatic heterocycles. The first kappa shape index (κ1) is 14.5. The number of furan rings is 1. The summed E-state index contributed by atoms with van der Waals surface area (Å²) >= 11 is 9.37. The van der Waals surface area contributed by atoms with Gasteiger partial charge in [-0.2, -0.15) is 0 Å². The van der Waals surface area contributed by atoms with Gasteiger partial charge in [-0.1, -0.05) is 28.9 Å². The Labute approximate surface area is 134 Å². The Morgan fingerprint density at radius 2 is 2.10 bits per heavy atom. The molecule has 0 amide bonds. The number of fused-ring (bicyclic) bond motifs is 1. The van der Waals surface area contributed by atoms with Crippen molar-refractivity contribution in [2.24, 2.45) is 0 Å². The van der Waals surface area contributed by atoms with E-state index in [-0.39, 0.29) is 10.6 Å². The molecule has 0 bridgehead atoms. The van der Waals surface area contributed by atoms with Crippen LogP contribution in [0.1, 0.15) is 29.5 Å². The highest BCUT2D eigenvalue weighted by Crippen LogP contribution is 2.34. The SMILES string of the molecule is CCCn1c(=O)oc2cc(C(Br)c3ccc(Cl)o3)ccc21. The number of aryl methyl sites for hydroxylation is 1. The Morgan fingerprint density at radius 1 is 1.29 bits per heavy atom. The zero-order valence-electron chi connectivity index (χ0n) is 11.3. The Hall–Kier alpha value is -1.46. The molecule has 0 aliphatic carbocycles. The second kappa shape index (κ2) is 5.73. The van der Waals surface area contributed by atoms with Gasteiger partial charge in [0.05, 0.1) is 10.3 Å². The number of aromatic nitrogens is 1. The first-order chi connectivity index (χ1) is 10.1. The minimum Gasteiger partial charge on any atom is -0.448 e. The van der Waals surface area contributed by atoms with E-state index in [9.17, 15) is 4.79 Å². The Bertz CT molecular complexity index is 833. The van der Waals surface area contributed by atoms with Crippen molar-refractivity contribution < 1.29 is 8.83 Å². The van der Waals surface area contributed by atoms with E-state index >= 15 is 0 Å². The summed E-state index contributed by atoms with van der Waals surface area (Å²) < 4.78 is 12.4. The first-order valence-electron chi connectivity index (χ1n) is 6.62. The van der Waals surface area contributed by atoms with Crippen LogP contribution >= 0.6 is 27.5 Å². The molecule has 0 saturated heterocycles. The van der Waals surface area contributed by atoms with Crippen molar-refractivity contribution in [1.29, 1.82) is 0 Å². The van der Waals surface area contributed by atoms with Gasteiger partial charge in [0.15, 0.2) is 10.8 Å². The maximum Gasteiger partial charge on any atom is 0.419 e. The number of benzene rings is 1. The summed E-state index contributed by atoms with van der Waals surface area (Å²) in [5, 5.41) is 0.344. The van der Waals surface area contributed by atoms with E-state index in [0.717, 1.165) is 17.5 Å². The van der Waals surface area contributed by atoms with E-state index in [0.29, 0.717) is 23.1 Å². The van der Waals surface area contributed by atoms with Gasteiger partial charge in [-0.3, -0.25) is 4.57 Å². The average Bonchev–Trinajstić information content (AvgIpc) is 3.02. The number of hydrogen-bond donors (Lipinski definition) is 0. The molecule has 0 saturated carbocycles. The molecule has 4 nitrogen and oxygen atoms in total. The lowest BCUT2D eigenvalue weighted by atomic mass is 10.1. The Morgan fingerprint density at radius 3 is 2.76 bits per heavy atom. The topological polar surface area (TPSA) is 48.3 Å². The van der Waals surface area contributed by atoms with E-state index in [2.05, 4.69) is 15.9 Å². The fraction of sp³-hybridized carbons (Fsp3) is 0.267. The van der Waals surface area contributed by atoms with Crippen molar-refractivity contribution in [3.8, 4) is 0 Å². The molecule has 0 fully saturated rings. The summed E-state index contributed by atoms with van der Waals surface area (Å²) in [4.78, 5) is 11.7. The molecule has 21 heavy (non-hydrogen) atoms. The van der Waals surface area contributed by atoms with Gasteiger partial charge in [0.1, 0.15) is 5.76 Å². The highest BCUT2D eigenvalue weighted by atomic mass is 79.9. The smallest absolute Gasteiger partial charge is 0.419 e. The van der Waals surface area contributed by atoms with Gasteiger partial charge in [0.25, 0.3) is 0 Å². The maximum atomic E-state index is 11.8. The molecule has 1 aromatic carbocycles. The van der Waals surface area contributed by atoms with Gasteiger partial charge < -0.3 is 8.83 Å². The number of rotatable bonds is 4. The average molecular weight is 371 g/mol. The molecule has 2 heterocycles. The number of halogens is 2. The van der Waals surface area contributed by atoms with Crippen LogP contribution in [-0.2, 0) is 6.54 Å². The molecule has 0 N–H and O–H groups in total. The van der Waals surface area contributed by atoms with Crippen molar-refractivity contribution in [2.75, 3.05) is 0 Å². The molecular formula is C15H13BrClNO3. The standard InChI is InChI=1S/C15H13BrClNO3/c1-2-7-18-10-4-3-9(8-12(10)21-15(18)19)14(16)11-5-6-13(17)20-11/h3-6,8,14H,2,7H2,1H3. The molecule has 1 atom stereocenters. The Kier molecular flexibility index (Phi) is 3.95. The minimum absolute atomic E-state index is 0.144. The van der Waals surface area contributed by atoms with Crippen LogP contribution in [0.3, 0.4) is 0 Å². The highest BCUT2D eigenvalue weighted by molar-refractivity contribution is 9.09. The molecule has 6 heteroatoms. The summed E-state index contributed by atoms with van der Waals surface area (Å²) in [6, 6.07) is 9.19. The predicted molar refractivity (Wildman–Crippen MR) is 85.3 cm³/mol. The van der Waals surface area contributed by atoms with E-state index in [1.807, 2.05) is 31.2 Å². The van der Waals surface area contributed by atoms with Gasteiger partial charge >= 0.3 is 5.76 Å². The molecule has 0 aliphatic rings. The van der Waals surface area contributed by atoms with Gasteiger partial charge in [-0.15, -0.1) is 0 Å². The lowest BCUT2D eigenvalue weighted by Crippen LogP contribution is -2.13. The fourth-order valence-corrected chi connectivity index (χ4v) is 2.99. The molecule has 0 radical (unpaired) electrons. The molecular weight excluding hydrogens is 358 g/mol. The van der Waals surface area contributed by atoms with Crippen LogP contribution in [0.25, 0.3) is 11.1 Å². The number of alkyl halides is 1. The van der Waals surface area contributed by atoms with Gasteiger partial charge in [-0.05, 0) is 47.9 Å². The normalized spacial score (nSPS) is 12.9. The van der Waals surface area contributed by atoms with Crippen LogP contribution in [0.5, 0.6) is 0 Å². The summed E-state index contributed by atoms with van der Waals surface area (Å²) in [7, 11) is 0. The fourth-order valence-electron chi connectivity index (χ4n) is 2.30. The summed E-state index contributed by atoms with van der Waals surface area (Å²) in [5.74, 6) is 0.380. The van der Waals surface area contributed by atoms with Crippen LogP contribution in [0.4, 0.5) is 0 Å². The van der Waals surface area contributed by atoms with Crippen LogP contribution in [0.2, 0.25) is 5.22 Å². The molecule has 1 unspecified atom stereocenters. The lowest BCUT2D eigenvalue weighted by Gasteiger charge is -2.07. The third-order valence-corrected chi connectivity index (χ3v) is 4.46. The van der Waals surface area contributed by atoms with Gasteiger partial charge in [-0.25, -0.2) is 4.79 Å². The third-order valence-electron chi connectivity index (χ3n) is 3.28. The third kappa shape index (κ3) is 2.68. The first-order valence-corrected chi connectivity index (χ1v) is 7.92. The Balaban J connectivity index is 2.03. The summed E-state index contributed by atoms with van der Waals surface area (Å²) in [5.41, 5.74) is 2.32. The molecule has 0 spiro atoms. The van der Waals surface area contributed by atoms with Gasteiger partial charge in [0.2, 0.25) is 0 Å². The number of hydrogen-bond acceptors (Lipinski definition) is 3. The second-order valence-electron chi connectivity index (χ2n) is 4.75. The van der Waals surface area contributed by atoms with E-state index < -0.39 is 0 Å². The van der Waals surface area contributed by atoms with Crippen molar-refractivity contribution in [3.63, 3.8) is 0 Å². The number of nitrogens with zero attached hydrogens (tertiary/aromatic N) is 1. The van der Waals surface area contributed by atoms with Crippen LogP contribution in [0.15, 0.2) is 44.0 Å². The van der Waals surface area contributed by atoms with Crippen LogP contribution < -0.4 is 5.76 Å². The summed E-state index contributed by atoms with van der Waals surface area (Å²) in [6.45, 7) is 2.67. The zero-order valence-corrected chi connectivity index (χ0v) is 13.6. The molecule has 3 aromatic rings. The van der Waals surface area contributed by atoms with Crippen molar-refractivity contribution in [1.82, 2.24) is 4.57 Å². The number of oxazole rings is 1. The van der Waals surface area contributed by atoms with Crippen LogP contribution in [-0.4, -0.2) is 4.57 Å². The second-order valence-corrected chi connectivity index (χ2v) is 6.04. The van der Waals surface area contributed by atoms with Crippen molar-refractivity contribution in [2.45, 2.75) is 24.7 Å². The lowest BCUT2D eigenvalue weighted by molar-refractivity contribution is 0.502. The van der Waals surface area contributed by atoms with E-state index in [1.54, 1.807) is 10.6 Å². The van der Waals surface area contributed by atoms with E-state index in [4.69, 9.17) is 20.4 Å². The molecule has 3 rings (SSSR count). The van der Waals surface area contributed by atoms with Crippen molar-refractivity contribution >= 4 is 38.6 Å². The molecule has 0 aliphatic heterocycles. The monoisotopic (exact) mass is 369 g/mol. The summed E-state index contributed by atoms with van der Waals surface area (Å²) in [6.07, 6.45) is 0.877. The predicted octanol–water partition coefficient (Wildman–Crippen LogP) is 4.74. The molecule has 110 valence electrons. The maximum absolute atomic E-state index is 11.8. The quantitative estimate of drug-likeness (QED) is 0.623. The van der Waals surface area contributed by atoms with Gasteiger partial charge in [0, 0.05) is 6.54 Å². The zero-order chi connectivity index (χ0) is 15.0. The van der Waals surface area contributed by atoms with Crippen LogP contribution in [0, 0.1) is 0 Å². The van der Waals surface area contributed by atoms with E-state index in [1.165, 1.54) is 0 Å². The van der Waals surface area contributed by atoms with Crippen molar-refractivity contribution in [3.05, 3.63) is 57.4 Å². The largest absolute Gasteiger partial charge is 0.448 e. The minimum atomic E-state index is -0.323.